The minimum Gasteiger partial charge on any atom is -0.277 e. The lowest BCUT2D eigenvalue weighted by molar-refractivity contribution is -0.136. The summed E-state index contributed by atoms with van der Waals surface area (Å²) in [6.45, 7) is 7.36. The highest BCUT2D eigenvalue weighted by Crippen LogP contribution is 2.27. The van der Waals surface area contributed by atoms with Crippen LogP contribution in [0.2, 0.25) is 0 Å². The maximum atomic E-state index is 12.5. The second-order valence-corrected chi connectivity index (χ2v) is 5.48. The Labute approximate surface area is 118 Å². The second kappa shape index (κ2) is 5.07. The van der Waals surface area contributed by atoms with Gasteiger partial charge in [0.25, 0.3) is 0 Å². The van der Waals surface area contributed by atoms with Crippen molar-refractivity contribution in [2.24, 2.45) is 11.8 Å². The number of aryl methyl sites for hydroxylation is 2. The Morgan fingerprint density at radius 3 is 2.35 bits per heavy atom. The number of rotatable bonds is 2. The van der Waals surface area contributed by atoms with Crippen molar-refractivity contribution in [3.8, 4) is 0 Å². The Morgan fingerprint density at radius 1 is 1.15 bits per heavy atom. The van der Waals surface area contributed by atoms with Crippen LogP contribution in [0.5, 0.6) is 0 Å². The lowest BCUT2D eigenvalue weighted by Crippen LogP contribution is -2.59. The number of amides is 4. The molecular formula is C15H18N2O3. The molecule has 1 aliphatic rings. The quantitative estimate of drug-likeness (QED) is 0.840. The van der Waals surface area contributed by atoms with Crippen LogP contribution in [-0.2, 0) is 9.59 Å². The van der Waals surface area contributed by atoms with E-state index < -0.39 is 23.8 Å². The first-order valence-electron chi connectivity index (χ1n) is 6.59. The summed E-state index contributed by atoms with van der Waals surface area (Å²) in [7, 11) is 0. The second-order valence-electron chi connectivity index (χ2n) is 5.48. The molecule has 0 radical (unpaired) electrons. The number of nitrogens with zero attached hydrogens (tertiary/aromatic N) is 1. The summed E-state index contributed by atoms with van der Waals surface area (Å²) in [6, 6.07) is 4.79. The van der Waals surface area contributed by atoms with Gasteiger partial charge in [-0.05, 0) is 31.4 Å². The van der Waals surface area contributed by atoms with Crippen molar-refractivity contribution in [2.45, 2.75) is 27.7 Å². The number of imide groups is 2. The predicted molar refractivity (Wildman–Crippen MR) is 75.3 cm³/mol. The first kappa shape index (κ1) is 14.2. The zero-order chi connectivity index (χ0) is 15.0. The summed E-state index contributed by atoms with van der Waals surface area (Å²) in [5, 5.41) is 2.26. The Hall–Kier alpha value is -2.17. The molecule has 1 fully saturated rings. The SMILES string of the molecule is Cc1ccc(N2C(=O)NC(=O)C(C(C)C)C2=O)c(C)c1. The minimum atomic E-state index is -0.826. The van der Waals surface area contributed by atoms with Gasteiger partial charge in [0, 0.05) is 0 Å². The van der Waals surface area contributed by atoms with Crippen LogP contribution in [0.15, 0.2) is 18.2 Å². The average Bonchev–Trinajstić information content (AvgIpc) is 2.30. The molecule has 106 valence electrons. The molecule has 1 aromatic carbocycles. The molecule has 20 heavy (non-hydrogen) atoms. The van der Waals surface area contributed by atoms with Crippen molar-refractivity contribution in [3.05, 3.63) is 29.3 Å². The van der Waals surface area contributed by atoms with Crippen LogP contribution >= 0.6 is 0 Å². The summed E-state index contributed by atoms with van der Waals surface area (Å²) < 4.78 is 0. The molecule has 1 saturated heterocycles. The molecule has 1 aliphatic heterocycles. The molecule has 1 N–H and O–H groups in total. The van der Waals surface area contributed by atoms with Crippen LogP contribution in [0.1, 0.15) is 25.0 Å². The lowest BCUT2D eigenvalue weighted by atomic mass is 9.91. The number of barbiturate groups is 1. The zero-order valence-electron chi connectivity index (χ0n) is 12.1. The monoisotopic (exact) mass is 274 g/mol. The maximum Gasteiger partial charge on any atom is 0.335 e. The van der Waals surface area contributed by atoms with E-state index in [2.05, 4.69) is 5.32 Å². The van der Waals surface area contributed by atoms with Gasteiger partial charge in [-0.3, -0.25) is 14.9 Å². The van der Waals surface area contributed by atoms with Gasteiger partial charge in [-0.15, -0.1) is 0 Å². The number of hydrogen-bond acceptors (Lipinski definition) is 3. The summed E-state index contributed by atoms with van der Waals surface area (Å²) in [6.07, 6.45) is 0. The fourth-order valence-electron chi connectivity index (χ4n) is 2.46. The molecule has 1 heterocycles. The van der Waals surface area contributed by atoms with E-state index >= 15 is 0 Å². The smallest absolute Gasteiger partial charge is 0.277 e. The van der Waals surface area contributed by atoms with Crippen LogP contribution < -0.4 is 10.2 Å². The molecule has 0 spiro atoms. The molecule has 0 aliphatic carbocycles. The van der Waals surface area contributed by atoms with Gasteiger partial charge in [0.15, 0.2) is 0 Å². The summed E-state index contributed by atoms with van der Waals surface area (Å²) in [4.78, 5) is 37.3. The number of hydrogen-bond donors (Lipinski definition) is 1. The van der Waals surface area contributed by atoms with Crippen molar-refractivity contribution in [1.82, 2.24) is 5.32 Å². The fraction of sp³-hybridized carbons (Fsp3) is 0.400. The van der Waals surface area contributed by atoms with Crippen molar-refractivity contribution in [3.63, 3.8) is 0 Å². The van der Waals surface area contributed by atoms with E-state index in [1.165, 1.54) is 0 Å². The maximum absolute atomic E-state index is 12.5. The van der Waals surface area contributed by atoms with Gasteiger partial charge in [-0.2, -0.15) is 0 Å². The molecule has 0 saturated carbocycles. The molecule has 5 nitrogen and oxygen atoms in total. The molecular weight excluding hydrogens is 256 g/mol. The number of anilines is 1. The predicted octanol–water partition coefficient (Wildman–Crippen LogP) is 2.16. The van der Waals surface area contributed by atoms with Gasteiger partial charge in [0.05, 0.1) is 5.69 Å². The van der Waals surface area contributed by atoms with Gasteiger partial charge < -0.3 is 0 Å². The van der Waals surface area contributed by atoms with Crippen molar-refractivity contribution >= 4 is 23.5 Å². The third-order valence-corrected chi connectivity index (χ3v) is 3.46. The van der Waals surface area contributed by atoms with E-state index in [0.717, 1.165) is 16.0 Å². The van der Waals surface area contributed by atoms with Crippen LogP contribution in [-0.4, -0.2) is 17.8 Å². The fourth-order valence-corrected chi connectivity index (χ4v) is 2.46. The molecule has 5 heteroatoms. The zero-order valence-corrected chi connectivity index (χ0v) is 12.1. The highest BCUT2D eigenvalue weighted by molar-refractivity contribution is 6.28. The number of carbonyl (C=O) groups excluding carboxylic acids is 3. The number of carbonyl (C=O) groups is 3. The number of urea groups is 1. The van der Waals surface area contributed by atoms with Crippen LogP contribution in [0.25, 0.3) is 0 Å². The van der Waals surface area contributed by atoms with Gasteiger partial charge >= 0.3 is 6.03 Å². The summed E-state index contributed by atoms with van der Waals surface area (Å²) in [5.74, 6) is -1.96. The Morgan fingerprint density at radius 2 is 1.80 bits per heavy atom. The summed E-state index contributed by atoms with van der Waals surface area (Å²) in [5.41, 5.74) is 2.40. The Kier molecular flexibility index (Phi) is 3.61. The largest absolute Gasteiger partial charge is 0.335 e. The van der Waals surface area contributed by atoms with Gasteiger partial charge in [-0.1, -0.05) is 31.5 Å². The molecule has 0 bridgehead atoms. The van der Waals surface area contributed by atoms with E-state index in [9.17, 15) is 14.4 Å². The Balaban J connectivity index is 2.46. The minimum absolute atomic E-state index is 0.163. The highest BCUT2D eigenvalue weighted by atomic mass is 16.2. The summed E-state index contributed by atoms with van der Waals surface area (Å²) >= 11 is 0. The van der Waals surface area contributed by atoms with Crippen LogP contribution in [0.4, 0.5) is 10.5 Å². The number of nitrogens with one attached hydrogen (secondary N) is 1. The molecule has 1 atom stereocenters. The van der Waals surface area contributed by atoms with Gasteiger partial charge in [0.1, 0.15) is 5.92 Å². The van der Waals surface area contributed by atoms with Gasteiger partial charge in [0.2, 0.25) is 11.8 Å². The standard InChI is InChI=1S/C15H18N2O3/c1-8(2)12-13(18)16-15(20)17(14(12)19)11-6-5-9(3)7-10(11)4/h5-8,12H,1-4H3,(H,16,18,20). The molecule has 2 rings (SSSR count). The third-order valence-electron chi connectivity index (χ3n) is 3.46. The van der Waals surface area contributed by atoms with E-state index in [0.29, 0.717) is 5.69 Å². The normalized spacial score (nSPS) is 19.6. The average molecular weight is 274 g/mol. The van der Waals surface area contributed by atoms with Crippen LogP contribution in [0, 0.1) is 25.7 Å². The van der Waals surface area contributed by atoms with E-state index in [1.54, 1.807) is 19.9 Å². The molecule has 4 amide bonds. The molecule has 1 unspecified atom stereocenters. The Bertz CT molecular complexity index is 593. The first-order valence-corrected chi connectivity index (χ1v) is 6.59. The highest BCUT2D eigenvalue weighted by Gasteiger charge is 2.43. The first-order chi connectivity index (χ1) is 9.32. The van der Waals surface area contributed by atoms with Crippen molar-refractivity contribution in [1.29, 1.82) is 0 Å². The van der Waals surface area contributed by atoms with Crippen molar-refractivity contribution in [2.75, 3.05) is 4.90 Å². The van der Waals surface area contributed by atoms with Gasteiger partial charge in [-0.25, -0.2) is 9.69 Å². The third kappa shape index (κ3) is 2.31. The van der Waals surface area contributed by atoms with Crippen LogP contribution in [0.3, 0.4) is 0 Å². The van der Waals surface area contributed by atoms with E-state index in [1.807, 2.05) is 26.0 Å². The van der Waals surface area contributed by atoms with Crippen molar-refractivity contribution < 1.29 is 14.4 Å². The molecule has 0 aromatic heterocycles. The van der Waals surface area contributed by atoms with E-state index in [-0.39, 0.29) is 5.92 Å². The molecule has 1 aromatic rings. The van der Waals surface area contributed by atoms with E-state index in [4.69, 9.17) is 0 Å². The topological polar surface area (TPSA) is 66.5 Å². The lowest BCUT2D eigenvalue weighted by Gasteiger charge is -2.32. The number of benzene rings is 1.